The second kappa shape index (κ2) is 6.89. The molecule has 1 aromatic rings. The molecule has 0 spiro atoms. The van der Waals surface area contributed by atoms with Crippen LogP contribution in [0.3, 0.4) is 0 Å². The highest BCUT2D eigenvalue weighted by Gasteiger charge is 2.31. The summed E-state index contributed by atoms with van der Waals surface area (Å²) in [6, 6.07) is 6.99. The summed E-state index contributed by atoms with van der Waals surface area (Å²) in [5.74, 6) is 0.211. The quantitative estimate of drug-likeness (QED) is 0.778. The standard InChI is InChI=1S/C15H16ClF2NO2/c1-2-21-11-5-3-10(4-6-11)13-8-7-12(16)15(20)19(13)9-14(17)18/h3-6,8,12,14H,2,7,9H2,1H3. The summed E-state index contributed by atoms with van der Waals surface area (Å²) in [6.45, 7) is 1.77. The topological polar surface area (TPSA) is 29.5 Å². The lowest BCUT2D eigenvalue weighted by Gasteiger charge is -2.31. The fourth-order valence-corrected chi connectivity index (χ4v) is 2.41. The van der Waals surface area contributed by atoms with Gasteiger partial charge in [0.2, 0.25) is 5.91 Å². The van der Waals surface area contributed by atoms with Crippen LogP contribution in [-0.4, -0.2) is 35.8 Å². The van der Waals surface area contributed by atoms with Crippen molar-refractivity contribution in [2.24, 2.45) is 0 Å². The second-order valence-corrected chi connectivity index (χ2v) is 5.12. The number of amides is 1. The molecule has 0 bridgehead atoms. The molecule has 1 atom stereocenters. The van der Waals surface area contributed by atoms with E-state index in [0.29, 0.717) is 30.0 Å². The molecule has 21 heavy (non-hydrogen) atoms. The minimum absolute atomic E-state index is 0.336. The van der Waals surface area contributed by atoms with Crippen LogP contribution >= 0.6 is 11.6 Å². The van der Waals surface area contributed by atoms with Crippen molar-refractivity contribution in [2.75, 3.05) is 13.2 Å². The Labute approximate surface area is 127 Å². The maximum Gasteiger partial charge on any atom is 0.256 e. The lowest BCUT2D eigenvalue weighted by molar-refractivity contribution is -0.129. The third kappa shape index (κ3) is 3.73. The van der Waals surface area contributed by atoms with Crippen LogP contribution in [0.1, 0.15) is 18.9 Å². The molecule has 6 heteroatoms. The molecule has 0 saturated carbocycles. The van der Waals surface area contributed by atoms with E-state index in [0.717, 1.165) is 4.90 Å². The van der Waals surface area contributed by atoms with Crippen LogP contribution in [0.2, 0.25) is 0 Å². The van der Waals surface area contributed by atoms with E-state index in [1.54, 1.807) is 30.3 Å². The maximum atomic E-state index is 12.7. The number of carbonyl (C=O) groups excluding carboxylic acids is 1. The number of carbonyl (C=O) groups is 1. The van der Waals surface area contributed by atoms with Crippen molar-refractivity contribution in [3.05, 3.63) is 35.9 Å². The summed E-state index contributed by atoms with van der Waals surface area (Å²) in [6.07, 6.45) is -0.554. The van der Waals surface area contributed by atoms with Crippen molar-refractivity contribution >= 4 is 23.2 Å². The predicted molar refractivity (Wildman–Crippen MR) is 77.6 cm³/mol. The number of rotatable bonds is 5. The molecule has 0 aliphatic carbocycles. The Kier molecular flexibility index (Phi) is 5.17. The predicted octanol–water partition coefficient (Wildman–Crippen LogP) is 3.53. The number of hydrogen-bond donors (Lipinski definition) is 0. The van der Waals surface area contributed by atoms with Gasteiger partial charge >= 0.3 is 0 Å². The molecule has 2 rings (SSSR count). The summed E-state index contributed by atoms with van der Waals surface area (Å²) in [7, 11) is 0. The summed E-state index contributed by atoms with van der Waals surface area (Å²) in [4.78, 5) is 13.1. The van der Waals surface area contributed by atoms with Gasteiger partial charge in [-0.2, -0.15) is 0 Å². The number of halogens is 3. The fourth-order valence-electron chi connectivity index (χ4n) is 2.20. The number of nitrogens with zero attached hydrogens (tertiary/aromatic N) is 1. The molecule has 1 amide bonds. The molecular formula is C15H16ClF2NO2. The van der Waals surface area contributed by atoms with Gasteiger partial charge in [0.05, 0.1) is 13.2 Å². The Bertz CT molecular complexity index is 531. The van der Waals surface area contributed by atoms with Crippen LogP contribution in [0.5, 0.6) is 5.75 Å². The first-order chi connectivity index (χ1) is 10.0. The van der Waals surface area contributed by atoms with E-state index in [4.69, 9.17) is 16.3 Å². The van der Waals surface area contributed by atoms with Crippen molar-refractivity contribution in [3.8, 4) is 5.75 Å². The van der Waals surface area contributed by atoms with E-state index in [9.17, 15) is 13.6 Å². The molecule has 0 fully saturated rings. The third-order valence-corrected chi connectivity index (χ3v) is 3.49. The first kappa shape index (κ1) is 15.8. The van der Waals surface area contributed by atoms with Crippen LogP contribution in [0.4, 0.5) is 8.78 Å². The Hall–Kier alpha value is -1.62. The van der Waals surface area contributed by atoms with Crippen LogP contribution in [0.15, 0.2) is 30.3 Å². The van der Waals surface area contributed by atoms with Gasteiger partial charge in [-0.1, -0.05) is 6.08 Å². The van der Waals surface area contributed by atoms with Crippen molar-refractivity contribution < 1.29 is 18.3 Å². The van der Waals surface area contributed by atoms with Crippen molar-refractivity contribution in [1.29, 1.82) is 0 Å². The van der Waals surface area contributed by atoms with E-state index in [-0.39, 0.29) is 0 Å². The zero-order chi connectivity index (χ0) is 15.4. The Morgan fingerprint density at radius 3 is 2.62 bits per heavy atom. The van der Waals surface area contributed by atoms with Crippen molar-refractivity contribution in [3.63, 3.8) is 0 Å². The van der Waals surface area contributed by atoms with E-state index in [2.05, 4.69) is 0 Å². The molecule has 1 aromatic carbocycles. The molecule has 3 nitrogen and oxygen atoms in total. The zero-order valence-electron chi connectivity index (χ0n) is 11.6. The lowest BCUT2D eigenvalue weighted by Crippen LogP contribution is -2.41. The summed E-state index contributed by atoms with van der Waals surface area (Å²) in [5.41, 5.74) is 1.16. The second-order valence-electron chi connectivity index (χ2n) is 4.59. The largest absolute Gasteiger partial charge is 0.494 e. The summed E-state index contributed by atoms with van der Waals surface area (Å²) >= 11 is 5.86. The molecule has 0 N–H and O–H groups in total. The van der Waals surface area contributed by atoms with Gasteiger partial charge in [-0.15, -0.1) is 11.6 Å². The first-order valence-electron chi connectivity index (χ1n) is 6.70. The van der Waals surface area contributed by atoms with Gasteiger partial charge in [0.15, 0.2) is 0 Å². The van der Waals surface area contributed by atoms with Crippen LogP contribution in [0.25, 0.3) is 5.70 Å². The average molecular weight is 316 g/mol. The average Bonchev–Trinajstić information content (AvgIpc) is 2.45. The molecule has 0 aromatic heterocycles. The molecule has 0 saturated heterocycles. The van der Waals surface area contributed by atoms with E-state index in [1.165, 1.54) is 0 Å². The summed E-state index contributed by atoms with van der Waals surface area (Å²) in [5, 5.41) is -0.782. The Balaban J connectivity index is 2.28. The highest BCUT2D eigenvalue weighted by Crippen LogP contribution is 2.29. The summed E-state index contributed by atoms with van der Waals surface area (Å²) < 4.78 is 30.7. The number of ether oxygens (including phenoxy) is 1. The SMILES string of the molecule is CCOc1ccc(C2=CCC(Cl)C(=O)N2CC(F)F)cc1. The van der Waals surface area contributed by atoms with Crippen LogP contribution in [-0.2, 0) is 4.79 Å². The molecule has 1 aliphatic rings. The highest BCUT2D eigenvalue weighted by molar-refractivity contribution is 6.31. The Morgan fingerprint density at radius 1 is 1.38 bits per heavy atom. The molecule has 0 radical (unpaired) electrons. The van der Waals surface area contributed by atoms with E-state index < -0.39 is 24.3 Å². The van der Waals surface area contributed by atoms with Gasteiger partial charge in [-0.3, -0.25) is 4.79 Å². The number of alkyl halides is 3. The van der Waals surface area contributed by atoms with Crippen LogP contribution < -0.4 is 4.74 Å². The Morgan fingerprint density at radius 2 is 2.05 bits per heavy atom. The minimum Gasteiger partial charge on any atom is -0.494 e. The normalized spacial score (nSPS) is 18.9. The van der Waals surface area contributed by atoms with Gasteiger partial charge < -0.3 is 9.64 Å². The van der Waals surface area contributed by atoms with Gasteiger partial charge in [0.25, 0.3) is 6.43 Å². The number of hydrogen-bond acceptors (Lipinski definition) is 2. The maximum absolute atomic E-state index is 12.7. The monoisotopic (exact) mass is 315 g/mol. The third-order valence-electron chi connectivity index (χ3n) is 3.12. The lowest BCUT2D eigenvalue weighted by atomic mass is 10.0. The molecular weight excluding hydrogens is 300 g/mol. The van der Waals surface area contributed by atoms with Crippen molar-refractivity contribution in [2.45, 2.75) is 25.1 Å². The molecule has 114 valence electrons. The van der Waals surface area contributed by atoms with Crippen molar-refractivity contribution in [1.82, 2.24) is 4.90 Å². The number of benzene rings is 1. The van der Waals surface area contributed by atoms with E-state index >= 15 is 0 Å². The zero-order valence-corrected chi connectivity index (χ0v) is 12.3. The van der Waals surface area contributed by atoms with Gasteiger partial charge in [0, 0.05) is 5.70 Å². The first-order valence-corrected chi connectivity index (χ1v) is 7.13. The smallest absolute Gasteiger partial charge is 0.256 e. The molecule has 1 heterocycles. The molecule has 1 unspecified atom stereocenters. The molecule has 1 aliphatic heterocycles. The van der Waals surface area contributed by atoms with Crippen LogP contribution in [0, 0.1) is 0 Å². The minimum atomic E-state index is -2.61. The van der Waals surface area contributed by atoms with Gasteiger partial charge in [-0.05, 0) is 43.2 Å². The van der Waals surface area contributed by atoms with Gasteiger partial charge in [0.1, 0.15) is 11.1 Å². The fraction of sp³-hybridized carbons (Fsp3) is 0.400. The highest BCUT2D eigenvalue weighted by atomic mass is 35.5. The van der Waals surface area contributed by atoms with Gasteiger partial charge in [-0.25, -0.2) is 8.78 Å². The number of allylic oxidation sites excluding steroid dienone is 1. The van der Waals surface area contributed by atoms with E-state index in [1.807, 2.05) is 6.92 Å².